The van der Waals surface area contributed by atoms with Crippen LogP contribution in [0, 0.1) is 5.41 Å². The fraction of sp³-hybridized carbons (Fsp3) is 0.258. The molecule has 0 saturated carbocycles. The van der Waals surface area contributed by atoms with Gasteiger partial charge >= 0.3 is 5.97 Å². The molecular formula is C31H27NO5. The molecular weight excluding hydrogens is 466 g/mol. The molecule has 3 atom stereocenters. The van der Waals surface area contributed by atoms with Crippen LogP contribution in [0.3, 0.4) is 0 Å². The fourth-order valence-electron chi connectivity index (χ4n) is 6.48. The predicted octanol–water partition coefficient (Wildman–Crippen LogP) is 5.08. The van der Waals surface area contributed by atoms with Gasteiger partial charge in [0.15, 0.2) is 11.6 Å². The van der Waals surface area contributed by atoms with E-state index in [1.165, 1.54) is 0 Å². The van der Waals surface area contributed by atoms with Crippen LogP contribution in [0.15, 0.2) is 78.9 Å². The van der Waals surface area contributed by atoms with Crippen LogP contribution in [0.5, 0.6) is 5.75 Å². The summed E-state index contributed by atoms with van der Waals surface area (Å²) in [4.78, 5) is 44.8. The number of carbonyl (C=O) groups excluding carboxylic acids is 3. The second kappa shape index (κ2) is 8.73. The van der Waals surface area contributed by atoms with Crippen LogP contribution in [-0.4, -0.2) is 42.8 Å². The van der Waals surface area contributed by atoms with Crippen molar-refractivity contribution in [2.75, 3.05) is 18.1 Å². The number of hydrogen-bond acceptors (Lipinski definition) is 6. The minimum absolute atomic E-state index is 0.181. The van der Waals surface area contributed by atoms with Crippen LogP contribution in [0.1, 0.15) is 51.6 Å². The van der Waals surface area contributed by atoms with Crippen molar-refractivity contribution in [2.45, 2.75) is 31.8 Å². The molecule has 186 valence electrons. The fourth-order valence-corrected chi connectivity index (χ4v) is 6.48. The van der Waals surface area contributed by atoms with Crippen LogP contribution in [0.4, 0.5) is 5.69 Å². The Morgan fingerprint density at radius 1 is 0.865 bits per heavy atom. The average molecular weight is 494 g/mol. The smallest absolute Gasteiger partial charge is 0.329 e. The summed E-state index contributed by atoms with van der Waals surface area (Å²) in [6.07, 6.45) is 3.85. The minimum atomic E-state index is -1.56. The van der Waals surface area contributed by atoms with Gasteiger partial charge in [-0.15, -0.1) is 0 Å². The van der Waals surface area contributed by atoms with E-state index in [4.69, 9.17) is 9.47 Å². The highest BCUT2D eigenvalue weighted by Crippen LogP contribution is 2.61. The Morgan fingerprint density at radius 2 is 1.51 bits per heavy atom. The van der Waals surface area contributed by atoms with Crippen molar-refractivity contribution in [1.82, 2.24) is 0 Å². The van der Waals surface area contributed by atoms with E-state index in [1.807, 2.05) is 72.5 Å². The number of anilines is 1. The molecule has 2 aliphatic heterocycles. The quantitative estimate of drug-likeness (QED) is 0.365. The van der Waals surface area contributed by atoms with E-state index in [0.717, 1.165) is 11.3 Å². The third-order valence-corrected chi connectivity index (χ3v) is 7.79. The van der Waals surface area contributed by atoms with Crippen molar-refractivity contribution >= 4 is 29.3 Å². The van der Waals surface area contributed by atoms with Crippen LogP contribution >= 0.6 is 0 Å². The Labute approximate surface area is 215 Å². The number of nitrogens with zero attached hydrogens (tertiary/aromatic N) is 1. The summed E-state index contributed by atoms with van der Waals surface area (Å²) < 4.78 is 11.6. The summed E-state index contributed by atoms with van der Waals surface area (Å²) in [6.45, 7) is 4.22. The van der Waals surface area contributed by atoms with Gasteiger partial charge in [0, 0.05) is 28.3 Å². The normalized spacial score (nSPS) is 22.5. The Balaban J connectivity index is 1.69. The van der Waals surface area contributed by atoms with Gasteiger partial charge in [-0.25, -0.2) is 4.79 Å². The van der Waals surface area contributed by atoms with Crippen molar-refractivity contribution in [2.24, 2.45) is 5.41 Å². The van der Waals surface area contributed by atoms with Gasteiger partial charge in [-0.3, -0.25) is 9.59 Å². The number of carbonyl (C=O) groups is 3. The van der Waals surface area contributed by atoms with Gasteiger partial charge in [0.1, 0.15) is 17.2 Å². The number of ketones is 2. The monoisotopic (exact) mass is 493 g/mol. The third-order valence-electron chi connectivity index (χ3n) is 7.79. The van der Waals surface area contributed by atoms with Gasteiger partial charge in [-0.2, -0.15) is 0 Å². The van der Waals surface area contributed by atoms with Gasteiger partial charge in [0.25, 0.3) is 0 Å². The van der Waals surface area contributed by atoms with Gasteiger partial charge in [0.2, 0.25) is 0 Å². The van der Waals surface area contributed by atoms with E-state index in [2.05, 4.69) is 0 Å². The number of benzene rings is 3. The van der Waals surface area contributed by atoms with E-state index in [-0.39, 0.29) is 18.2 Å². The maximum Gasteiger partial charge on any atom is 0.329 e. The number of para-hydroxylation sites is 2. The van der Waals surface area contributed by atoms with E-state index in [1.54, 1.807) is 31.2 Å². The number of esters is 1. The molecule has 0 radical (unpaired) electrons. The predicted molar refractivity (Wildman–Crippen MR) is 140 cm³/mol. The van der Waals surface area contributed by atoms with Gasteiger partial charge < -0.3 is 14.4 Å². The molecule has 3 aliphatic rings. The highest BCUT2D eigenvalue weighted by Gasteiger charge is 2.72. The highest BCUT2D eigenvalue weighted by molar-refractivity contribution is 6.32. The number of fused-ring (bicyclic) bond motifs is 5. The minimum Gasteiger partial charge on any atom is -0.494 e. The first-order valence-electron chi connectivity index (χ1n) is 12.7. The standard InChI is InChI=1S/C31H27NO5/c1-3-36-24-16-10-8-14-22(24)26-27(30(35)37-4-2)32-23-15-9-5-11-19(23)17-18-25(32)31(26)28(33)20-12-6-7-13-21(20)29(31)34/h5-18,25-27H,3-4H2,1-2H3/t25-,26-,27+/m0/s1. The average Bonchev–Trinajstić information content (AvgIpc) is 3.36. The first-order valence-corrected chi connectivity index (χ1v) is 12.7. The zero-order chi connectivity index (χ0) is 25.7. The van der Waals surface area contributed by atoms with Gasteiger partial charge in [-0.1, -0.05) is 72.8 Å². The molecule has 1 fully saturated rings. The lowest BCUT2D eigenvalue weighted by molar-refractivity contribution is -0.145. The van der Waals surface area contributed by atoms with E-state index in [9.17, 15) is 14.4 Å². The molecule has 3 aromatic rings. The SMILES string of the molecule is CCOC(=O)[C@H]1[C@H](c2ccccc2OCC)C2(C(=O)c3ccccc3C2=O)[C@@H]2C=Cc3ccccc3N21. The lowest BCUT2D eigenvalue weighted by atomic mass is 9.64. The van der Waals surface area contributed by atoms with E-state index in [0.29, 0.717) is 29.0 Å². The van der Waals surface area contributed by atoms with E-state index < -0.39 is 29.4 Å². The molecule has 0 bridgehead atoms. The molecule has 2 heterocycles. The van der Waals surface area contributed by atoms with Gasteiger partial charge in [-0.05, 0) is 31.5 Å². The second-order valence-corrected chi connectivity index (χ2v) is 9.49. The first-order chi connectivity index (χ1) is 18.1. The lowest BCUT2D eigenvalue weighted by Crippen LogP contribution is -2.48. The maximum atomic E-state index is 14.5. The van der Waals surface area contributed by atoms with Crippen LogP contribution < -0.4 is 9.64 Å². The van der Waals surface area contributed by atoms with Gasteiger partial charge in [0.05, 0.1) is 19.3 Å². The topological polar surface area (TPSA) is 72.9 Å². The molecule has 37 heavy (non-hydrogen) atoms. The summed E-state index contributed by atoms with van der Waals surface area (Å²) in [5, 5.41) is 0. The Hall–Kier alpha value is -4.19. The molecule has 1 spiro atoms. The molecule has 0 unspecified atom stereocenters. The van der Waals surface area contributed by atoms with Crippen LogP contribution in [0.2, 0.25) is 0 Å². The molecule has 0 N–H and O–H groups in total. The number of ether oxygens (including phenoxy) is 2. The number of rotatable bonds is 5. The van der Waals surface area contributed by atoms with Crippen molar-refractivity contribution in [3.05, 3.63) is 101 Å². The van der Waals surface area contributed by atoms with E-state index >= 15 is 0 Å². The largest absolute Gasteiger partial charge is 0.494 e. The number of hydrogen-bond donors (Lipinski definition) is 0. The number of Topliss-reactive ketones (excluding diaryl/α,β-unsaturated/α-hetero) is 2. The van der Waals surface area contributed by atoms with Crippen molar-refractivity contribution in [3.8, 4) is 5.75 Å². The summed E-state index contributed by atoms with van der Waals surface area (Å²) in [5.74, 6) is -1.28. The zero-order valence-electron chi connectivity index (χ0n) is 20.7. The molecule has 3 aromatic carbocycles. The van der Waals surface area contributed by atoms with Crippen molar-refractivity contribution in [3.63, 3.8) is 0 Å². The zero-order valence-corrected chi connectivity index (χ0v) is 20.7. The van der Waals surface area contributed by atoms with Crippen molar-refractivity contribution < 1.29 is 23.9 Å². The summed E-state index contributed by atoms with van der Waals surface area (Å²) in [7, 11) is 0. The highest BCUT2D eigenvalue weighted by atomic mass is 16.5. The maximum absolute atomic E-state index is 14.5. The molecule has 6 nitrogen and oxygen atoms in total. The lowest BCUT2D eigenvalue weighted by Gasteiger charge is -2.36. The Kier molecular flexibility index (Phi) is 5.48. The molecule has 6 heteroatoms. The van der Waals surface area contributed by atoms with Crippen LogP contribution in [0.25, 0.3) is 6.08 Å². The molecule has 1 aliphatic carbocycles. The second-order valence-electron chi connectivity index (χ2n) is 9.49. The van der Waals surface area contributed by atoms with Crippen molar-refractivity contribution in [1.29, 1.82) is 0 Å². The third kappa shape index (κ3) is 3.08. The first kappa shape index (κ1) is 23.2. The molecule has 0 amide bonds. The Morgan fingerprint density at radius 3 is 2.22 bits per heavy atom. The molecule has 0 aromatic heterocycles. The Bertz CT molecular complexity index is 1420. The molecule has 1 saturated heterocycles. The van der Waals surface area contributed by atoms with Crippen LogP contribution in [-0.2, 0) is 9.53 Å². The molecule has 6 rings (SSSR count). The summed E-state index contributed by atoms with van der Waals surface area (Å²) >= 11 is 0. The summed E-state index contributed by atoms with van der Waals surface area (Å²) in [6, 6.07) is 20.5. The summed E-state index contributed by atoms with van der Waals surface area (Å²) in [5.41, 5.74) is 1.58.